The van der Waals surface area contributed by atoms with Crippen LogP contribution in [0.15, 0.2) is 10.6 Å². The van der Waals surface area contributed by atoms with Gasteiger partial charge in [0.2, 0.25) is 5.91 Å². The molecule has 1 aliphatic rings. The zero-order valence-corrected chi connectivity index (χ0v) is 22.3. The van der Waals surface area contributed by atoms with E-state index in [4.69, 9.17) is 16.6 Å². The van der Waals surface area contributed by atoms with E-state index in [1.54, 1.807) is 11.8 Å². The number of carbonyl (C=O) groups is 1. The van der Waals surface area contributed by atoms with E-state index in [0.29, 0.717) is 12.3 Å². The molecule has 0 aromatic heterocycles. The van der Waals surface area contributed by atoms with Crippen molar-refractivity contribution in [2.45, 2.75) is 91.1 Å². The second-order valence-corrected chi connectivity index (χ2v) is 16.9. The summed E-state index contributed by atoms with van der Waals surface area (Å²) in [4.78, 5) is 14.6. The fourth-order valence-corrected chi connectivity index (χ4v) is 6.03. The van der Waals surface area contributed by atoms with Gasteiger partial charge in [-0.15, -0.1) is 0 Å². The van der Waals surface area contributed by atoms with E-state index >= 15 is 0 Å². The van der Waals surface area contributed by atoms with E-state index < -0.39 is 8.32 Å². The highest BCUT2D eigenvalue weighted by atomic mass is 79.9. The fraction of sp³-hybridized carbons (Fsp3) is 0.800. The summed E-state index contributed by atoms with van der Waals surface area (Å²) in [5.41, 5.74) is 0. The molecule has 0 saturated carbocycles. The summed E-state index contributed by atoms with van der Waals surface area (Å²) in [7, 11) is -1.86. The molecule has 0 aromatic rings. The van der Waals surface area contributed by atoms with Crippen LogP contribution in [0.25, 0.3) is 0 Å². The van der Waals surface area contributed by atoms with Gasteiger partial charge in [0.1, 0.15) is 4.32 Å². The molecule has 1 aliphatic heterocycles. The topological polar surface area (TPSA) is 29.5 Å². The van der Waals surface area contributed by atoms with Gasteiger partial charge < -0.3 is 4.43 Å². The molecule has 1 fully saturated rings. The van der Waals surface area contributed by atoms with Crippen LogP contribution in [0.2, 0.25) is 18.1 Å². The molecule has 0 radical (unpaired) electrons. The third-order valence-corrected chi connectivity index (χ3v) is 11.8. The van der Waals surface area contributed by atoms with Crippen molar-refractivity contribution in [3.63, 3.8) is 0 Å². The number of halogens is 1. The first-order valence-corrected chi connectivity index (χ1v) is 14.9. The lowest BCUT2D eigenvalue weighted by Gasteiger charge is -2.38. The van der Waals surface area contributed by atoms with Crippen LogP contribution in [-0.2, 0) is 9.22 Å². The molecule has 0 spiro atoms. The summed E-state index contributed by atoms with van der Waals surface area (Å²) < 4.78 is 8.40. The minimum Gasteiger partial charge on any atom is -0.411 e. The van der Waals surface area contributed by atoms with Crippen molar-refractivity contribution in [2.24, 2.45) is 5.92 Å². The number of hydrogen-bond donors (Lipinski definition) is 0. The molecule has 3 nitrogen and oxygen atoms in total. The van der Waals surface area contributed by atoms with Crippen LogP contribution in [0.4, 0.5) is 0 Å². The molecular formula is C20H36BrNO2S2Si. The first-order valence-electron chi connectivity index (χ1n) is 9.77. The Balaban J connectivity index is 2.70. The first kappa shape index (κ1) is 25.3. The monoisotopic (exact) mass is 493 g/mol. The quantitative estimate of drug-likeness (QED) is 0.276. The van der Waals surface area contributed by atoms with Gasteiger partial charge in [0.05, 0.1) is 6.10 Å². The molecule has 1 rings (SSSR count). The SMILES string of the molecule is C/C(Br)=C\[C@H](CCCC(=O)N1C(=S)SC[C@@H]1C(C)C)O[Si](C)(C)C(C)(C)C. The van der Waals surface area contributed by atoms with Gasteiger partial charge in [-0.1, -0.05) is 74.5 Å². The number of allylic oxidation sites excluding steroid dienone is 1. The normalized spacial score (nSPS) is 20.5. The number of nitrogens with zero attached hydrogens (tertiary/aromatic N) is 1. The standard InChI is InChI=1S/C20H36BrNO2S2Si/c1-14(2)17-13-26-19(25)22(17)18(23)11-9-10-16(12-15(3)21)24-27(7,8)20(4,5)6/h12,14,16-17H,9-11,13H2,1-8H3/b15-12+/t16-,17+/m0/s1. The van der Waals surface area contributed by atoms with Gasteiger partial charge in [-0.2, -0.15) is 0 Å². The largest absolute Gasteiger partial charge is 0.411 e. The number of amides is 1. The second kappa shape index (κ2) is 10.4. The fourth-order valence-electron chi connectivity index (χ4n) is 2.78. The number of hydrogen-bond acceptors (Lipinski definition) is 4. The molecule has 7 heteroatoms. The van der Waals surface area contributed by atoms with Crippen molar-refractivity contribution in [2.75, 3.05) is 5.75 Å². The maximum absolute atomic E-state index is 12.8. The van der Waals surface area contributed by atoms with Gasteiger partial charge in [-0.05, 0) is 54.4 Å². The molecular weight excluding hydrogens is 458 g/mol. The average Bonchev–Trinajstić information content (AvgIpc) is 2.86. The predicted molar refractivity (Wildman–Crippen MR) is 129 cm³/mol. The lowest BCUT2D eigenvalue weighted by molar-refractivity contribution is -0.129. The summed E-state index contributed by atoms with van der Waals surface area (Å²) in [6, 6.07) is 0.235. The van der Waals surface area contributed by atoms with E-state index in [-0.39, 0.29) is 23.1 Å². The number of carbonyl (C=O) groups excluding carboxylic acids is 1. The van der Waals surface area contributed by atoms with Crippen molar-refractivity contribution in [3.05, 3.63) is 10.6 Å². The van der Waals surface area contributed by atoms with Crippen LogP contribution in [0.3, 0.4) is 0 Å². The molecule has 27 heavy (non-hydrogen) atoms. The van der Waals surface area contributed by atoms with Crippen LogP contribution in [0.1, 0.15) is 60.8 Å². The van der Waals surface area contributed by atoms with Gasteiger partial charge in [0.15, 0.2) is 8.32 Å². The lowest BCUT2D eigenvalue weighted by atomic mass is 10.0. The Morgan fingerprint density at radius 1 is 1.44 bits per heavy atom. The molecule has 0 aromatic carbocycles. The summed E-state index contributed by atoms with van der Waals surface area (Å²) in [5.74, 6) is 1.51. The van der Waals surface area contributed by atoms with Crippen LogP contribution < -0.4 is 0 Å². The van der Waals surface area contributed by atoms with Crippen molar-refractivity contribution in [1.29, 1.82) is 0 Å². The number of rotatable bonds is 8. The van der Waals surface area contributed by atoms with E-state index in [9.17, 15) is 4.79 Å². The van der Waals surface area contributed by atoms with Crippen molar-refractivity contribution in [3.8, 4) is 0 Å². The van der Waals surface area contributed by atoms with Gasteiger partial charge in [0, 0.05) is 18.2 Å². The molecule has 0 unspecified atom stereocenters. The predicted octanol–water partition coefficient (Wildman–Crippen LogP) is 6.73. The summed E-state index contributed by atoms with van der Waals surface area (Å²) in [6.07, 6.45) is 4.36. The van der Waals surface area contributed by atoms with Crippen molar-refractivity contribution >= 4 is 58.5 Å². The van der Waals surface area contributed by atoms with E-state index in [1.807, 2.05) is 11.8 Å². The maximum atomic E-state index is 12.8. The number of thioether (sulfide) groups is 1. The minimum atomic E-state index is -1.86. The van der Waals surface area contributed by atoms with Gasteiger partial charge in [-0.3, -0.25) is 9.69 Å². The third-order valence-electron chi connectivity index (χ3n) is 5.49. The molecule has 0 N–H and O–H groups in total. The summed E-state index contributed by atoms with van der Waals surface area (Å²) in [6.45, 7) is 17.7. The highest BCUT2D eigenvalue weighted by molar-refractivity contribution is 9.11. The van der Waals surface area contributed by atoms with E-state index in [1.165, 1.54) is 0 Å². The smallest absolute Gasteiger partial charge is 0.228 e. The maximum Gasteiger partial charge on any atom is 0.228 e. The zero-order chi connectivity index (χ0) is 21.0. The minimum absolute atomic E-state index is 0.0406. The number of thiocarbonyl (C=S) groups is 1. The van der Waals surface area contributed by atoms with Crippen LogP contribution >= 0.6 is 39.9 Å². The highest BCUT2D eigenvalue weighted by Crippen LogP contribution is 2.38. The average molecular weight is 495 g/mol. The van der Waals surface area contributed by atoms with Gasteiger partial charge in [-0.25, -0.2) is 0 Å². The van der Waals surface area contributed by atoms with Crippen molar-refractivity contribution < 1.29 is 9.22 Å². The third kappa shape index (κ3) is 7.57. The Hall–Kier alpha value is 0.307. The zero-order valence-electron chi connectivity index (χ0n) is 18.1. The summed E-state index contributed by atoms with van der Waals surface area (Å²) >= 11 is 10.6. The van der Waals surface area contributed by atoms with E-state index in [2.05, 4.69) is 69.7 Å². The Kier molecular flexibility index (Phi) is 9.73. The molecule has 0 bridgehead atoms. The Bertz CT molecular complexity index is 569. The molecule has 156 valence electrons. The molecule has 1 amide bonds. The molecule has 2 atom stereocenters. The second-order valence-electron chi connectivity index (χ2n) is 9.21. The van der Waals surface area contributed by atoms with Gasteiger partial charge in [0.25, 0.3) is 0 Å². The molecule has 1 heterocycles. The summed E-state index contributed by atoms with van der Waals surface area (Å²) in [5, 5.41) is 0.165. The highest BCUT2D eigenvalue weighted by Gasteiger charge is 2.39. The Labute approximate surface area is 185 Å². The van der Waals surface area contributed by atoms with Crippen molar-refractivity contribution in [1.82, 2.24) is 4.90 Å². The first-order chi connectivity index (χ1) is 12.3. The molecule has 0 aliphatic carbocycles. The Morgan fingerprint density at radius 2 is 2.04 bits per heavy atom. The van der Waals surface area contributed by atoms with Crippen LogP contribution in [0.5, 0.6) is 0 Å². The lowest BCUT2D eigenvalue weighted by Crippen LogP contribution is -2.43. The van der Waals surface area contributed by atoms with Crippen LogP contribution in [-0.4, -0.2) is 41.3 Å². The molecule has 1 saturated heterocycles. The van der Waals surface area contributed by atoms with E-state index in [0.717, 1.165) is 27.4 Å². The van der Waals surface area contributed by atoms with Crippen LogP contribution in [0, 0.1) is 5.92 Å². The van der Waals surface area contributed by atoms with Gasteiger partial charge >= 0.3 is 0 Å². The Morgan fingerprint density at radius 3 is 2.52 bits per heavy atom.